The molecule has 1 aromatic carbocycles. The molecule has 1 heterocycles. The van der Waals surface area contributed by atoms with Gasteiger partial charge in [-0.05, 0) is 38.7 Å². The van der Waals surface area contributed by atoms with Crippen LogP contribution in [0, 0.1) is 0 Å². The maximum atomic E-state index is 9.80. The van der Waals surface area contributed by atoms with Crippen molar-refractivity contribution in [3.8, 4) is 0 Å². The smallest absolute Gasteiger partial charge is 0.0631 e. The van der Waals surface area contributed by atoms with Gasteiger partial charge in [-0.15, -0.1) is 0 Å². The molecule has 2 N–H and O–H groups in total. The SMILES string of the molecule is CC1(C)CCC(CC(CO)(CO)c2ccccc2)O1. The third-order valence-corrected chi connectivity index (χ3v) is 4.16. The van der Waals surface area contributed by atoms with Crippen LogP contribution >= 0.6 is 0 Å². The van der Waals surface area contributed by atoms with E-state index in [1.165, 1.54) is 0 Å². The minimum atomic E-state index is -0.605. The Kier molecular flexibility index (Phi) is 4.29. The van der Waals surface area contributed by atoms with E-state index in [0.717, 1.165) is 18.4 Å². The van der Waals surface area contributed by atoms with Crippen molar-refractivity contribution in [2.24, 2.45) is 0 Å². The highest BCUT2D eigenvalue weighted by atomic mass is 16.5. The van der Waals surface area contributed by atoms with Gasteiger partial charge in [-0.25, -0.2) is 0 Å². The second-order valence-electron chi connectivity index (χ2n) is 6.20. The molecule has 1 atom stereocenters. The van der Waals surface area contributed by atoms with Crippen LogP contribution in [0.1, 0.15) is 38.7 Å². The molecule has 1 saturated heterocycles. The zero-order chi connectivity index (χ0) is 13.9. The van der Waals surface area contributed by atoms with E-state index in [1.54, 1.807) is 0 Å². The van der Waals surface area contributed by atoms with Crippen molar-refractivity contribution in [1.82, 2.24) is 0 Å². The highest BCUT2D eigenvalue weighted by molar-refractivity contribution is 5.26. The van der Waals surface area contributed by atoms with Gasteiger partial charge in [0.15, 0.2) is 0 Å². The van der Waals surface area contributed by atoms with E-state index in [2.05, 4.69) is 13.8 Å². The molecule has 1 fully saturated rings. The molecule has 106 valence electrons. The van der Waals surface area contributed by atoms with E-state index in [-0.39, 0.29) is 24.9 Å². The maximum Gasteiger partial charge on any atom is 0.0631 e. The fourth-order valence-electron chi connectivity index (χ4n) is 2.93. The van der Waals surface area contributed by atoms with Crippen LogP contribution in [-0.4, -0.2) is 35.1 Å². The van der Waals surface area contributed by atoms with Crippen LogP contribution in [0.25, 0.3) is 0 Å². The van der Waals surface area contributed by atoms with E-state index >= 15 is 0 Å². The van der Waals surface area contributed by atoms with Crippen molar-refractivity contribution in [2.75, 3.05) is 13.2 Å². The van der Waals surface area contributed by atoms with Gasteiger partial charge in [0.2, 0.25) is 0 Å². The Bertz CT molecular complexity index is 396. The summed E-state index contributed by atoms with van der Waals surface area (Å²) in [6, 6.07) is 9.75. The van der Waals surface area contributed by atoms with Crippen molar-refractivity contribution >= 4 is 0 Å². The molecule has 0 bridgehead atoms. The van der Waals surface area contributed by atoms with Gasteiger partial charge in [-0.2, -0.15) is 0 Å². The van der Waals surface area contributed by atoms with Crippen molar-refractivity contribution in [2.45, 2.75) is 50.2 Å². The second-order valence-corrected chi connectivity index (χ2v) is 6.20. The molecule has 1 aliphatic heterocycles. The molecule has 1 aliphatic rings. The minimum absolute atomic E-state index is 0.0617. The minimum Gasteiger partial charge on any atom is -0.395 e. The Morgan fingerprint density at radius 1 is 1.21 bits per heavy atom. The van der Waals surface area contributed by atoms with Gasteiger partial charge < -0.3 is 14.9 Å². The van der Waals surface area contributed by atoms with Gasteiger partial charge in [-0.3, -0.25) is 0 Å². The average molecular weight is 264 g/mol. The van der Waals surface area contributed by atoms with Gasteiger partial charge >= 0.3 is 0 Å². The van der Waals surface area contributed by atoms with Gasteiger partial charge in [0.1, 0.15) is 0 Å². The molecular formula is C16H24O3. The summed E-state index contributed by atoms with van der Waals surface area (Å²) in [7, 11) is 0. The van der Waals surface area contributed by atoms with Crippen LogP contribution in [0.5, 0.6) is 0 Å². The summed E-state index contributed by atoms with van der Waals surface area (Å²) in [4.78, 5) is 0. The predicted octanol–water partition coefficient (Wildman–Crippen LogP) is 2.26. The van der Waals surface area contributed by atoms with E-state index in [4.69, 9.17) is 4.74 Å². The predicted molar refractivity (Wildman–Crippen MR) is 75.1 cm³/mol. The van der Waals surface area contributed by atoms with Crippen LogP contribution in [-0.2, 0) is 10.2 Å². The lowest BCUT2D eigenvalue weighted by molar-refractivity contribution is -0.0381. The van der Waals surface area contributed by atoms with Crippen LogP contribution in [0.4, 0.5) is 0 Å². The fraction of sp³-hybridized carbons (Fsp3) is 0.625. The van der Waals surface area contributed by atoms with Crippen LogP contribution in [0.2, 0.25) is 0 Å². The molecule has 19 heavy (non-hydrogen) atoms. The molecule has 2 rings (SSSR count). The van der Waals surface area contributed by atoms with Gasteiger partial charge in [0.05, 0.1) is 24.9 Å². The van der Waals surface area contributed by atoms with E-state index in [0.29, 0.717) is 6.42 Å². The second kappa shape index (κ2) is 5.61. The monoisotopic (exact) mass is 264 g/mol. The number of aliphatic hydroxyl groups excluding tert-OH is 2. The first-order valence-corrected chi connectivity index (χ1v) is 6.96. The number of ether oxygens (including phenoxy) is 1. The molecular weight excluding hydrogens is 240 g/mol. The Labute approximate surface area is 115 Å². The molecule has 0 aliphatic carbocycles. The lowest BCUT2D eigenvalue weighted by Gasteiger charge is -2.33. The number of benzene rings is 1. The highest BCUT2D eigenvalue weighted by Crippen LogP contribution is 2.37. The van der Waals surface area contributed by atoms with Crippen LogP contribution in [0.3, 0.4) is 0 Å². The molecule has 1 unspecified atom stereocenters. The van der Waals surface area contributed by atoms with Gasteiger partial charge in [0.25, 0.3) is 0 Å². The van der Waals surface area contributed by atoms with Crippen molar-refractivity contribution in [1.29, 1.82) is 0 Å². The normalized spacial score (nSPS) is 22.6. The standard InChI is InChI=1S/C16H24O3/c1-15(2)9-8-14(19-15)10-16(11-17,12-18)13-6-4-3-5-7-13/h3-7,14,17-18H,8-12H2,1-2H3. The molecule has 0 radical (unpaired) electrons. The third-order valence-electron chi connectivity index (χ3n) is 4.16. The average Bonchev–Trinajstić information content (AvgIpc) is 2.76. The molecule has 3 heteroatoms. The summed E-state index contributed by atoms with van der Waals surface area (Å²) in [6.07, 6.45) is 2.78. The van der Waals surface area contributed by atoms with E-state index in [1.807, 2.05) is 30.3 Å². The van der Waals surface area contributed by atoms with Crippen molar-refractivity contribution < 1.29 is 14.9 Å². The van der Waals surface area contributed by atoms with Crippen molar-refractivity contribution in [3.63, 3.8) is 0 Å². The van der Waals surface area contributed by atoms with Crippen molar-refractivity contribution in [3.05, 3.63) is 35.9 Å². The quantitative estimate of drug-likeness (QED) is 0.857. The van der Waals surface area contributed by atoms with E-state index in [9.17, 15) is 10.2 Å². The molecule has 0 amide bonds. The zero-order valence-corrected chi connectivity index (χ0v) is 11.8. The Morgan fingerprint density at radius 3 is 2.32 bits per heavy atom. The Balaban J connectivity index is 2.17. The summed E-state index contributed by atoms with van der Waals surface area (Å²) >= 11 is 0. The molecule has 0 spiro atoms. The lowest BCUT2D eigenvalue weighted by Crippen LogP contribution is -2.39. The lowest BCUT2D eigenvalue weighted by atomic mass is 9.77. The largest absolute Gasteiger partial charge is 0.395 e. The third kappa shape index (κ3) is 3.16. The molecule has 0 saturated carbocycles. The first-order valence-electron chi connectivity index (χ1n) is 6.96. The molecule has 0 aromatic heterocycles. The summed E-state index contributed by atoms with van der Waals surface area (Å²) in [5, 5.41) is 19.6. The Morgan fingerprint density at radius 2 is 1.84 bits per heavy atom. The number of hydrogen-bond donors (Lipinski definition) is 2. The van der Waals surface area contributed by atoms with Crippen LogP contribution in [0.15, 0.2) is 30.3 Å². The first kappa shape index (κ1) is 14.5. The summed E-state index contributed by atoms with van der Waals surface area (Å²) < 4.78 is 6.01. The first-order chi connectivity index (χ1) is 9.01. The number of aliphatic hydroxyl groups is 2. The number of rotatable bonds is 5. The molecule has 3 nitrogen and oxygen atoms in total. The van der Waals surface area contributed by atoms with Crippen LogP contribution < -0.4 is 0 Å². The summed E-state index contributed by atoms with van der Waals surface area (Å²) in [5.41, 5.74) is 0.290. The zero-order valence-electron chi connectivity index (χ0n) is 11.8. The summed E-state index contributed by atoms with van der Waals surface area (Å²) in [6.45, 7) is 4.06. The maximum absolute atomic E-state index is 9.80. The van der Waals surface area contributed by atoms with Gasteiger partial charge in [0, 0.05) is 5.41 Å². The van der Waals surface area contributed by atoms with Gasteiger partial charge in [-0.1, -0.05) is 30.3 Å². The highest BCUT2D eigenvalue weighted by Gasteiger charge is 2.39. The Hall–Kier alpha value is -0.900. The molecule has 1 aromatic rings. The topological polar surface area (TPSA) is 49.7 Å². The van der Waals surface area contributed by atoms with E-state index < -0.39 is 5.41 Å². The number of hydrogen-bond acceptors (Lipinski definition) is 3. The summed E-state index contributed by atoms with van der Waals surface area (Å²) in [5.74, 6) is 0. The fourth-order valence-corrected chi connectivity index (χ4v) is 2.93.